The maximum atomic E-state index is 11.2. The van der Waals surface area contributed by atoms with Crippen LogP contribution in [0.3, 0.4) is 0 Å². The Balaban J connectivity index is 2.64. The highest BCUT2D eigenvalue weighted by Crippen LogP contribution is 2.24. The minimum atomic E-state index is -1.04. The molecule has 0 spiro atoms. The highest BCUT2D eigenvalue weighted by molar-refractivity contribution is 5.93. The molecular weight excluding hydrogens is 222 g/mol. The lowest BCUT2D eigenvalue weighted by atomic mass is 10.1. The minimum absolute atomic E-state index is 0.0766. The van der Waals surface area contributed by atoms with E-state index < -0.39 is 5.97 Å². The Hall–Kier alpha value is -2.18. The fourth-order valence-electron chi connectivity index (χ4n) is 1.77. The van der Waals surface area contributed by atoms with E-state index in [1.807, 2.05) is 6.92 Å². The van der Waals surface area contributed by atoms with Crippen molar-refractivity contribution in [3.8, 4) is 11.3 Å². The molecule has 0 saturated carbocycles. The lowest BCUT2D eigenvalue weighted by molar-refractivity contribution is 0.0686. The van der Waals surface area contributed by atoms with Crippen molar-refractivity contribution in [2.75, 3.05) is 0 Å². The van der Waals surface area contributed by atoms with Gasteiger partial charge in [-0.2, -0.15) is 5.10 Å². The standard InChI is InChI=1S/C10H13N5O2/c1-4-7-6(5-14(2)12-7)8-9(10(16)17)15(3)13-11-8/h5H,4H2,1-3H3,(H,16,17). The van der Waals surface area contributed by atoms with Crippen molar-refractivity contribution >= 4 is 5.97 Å². The number of aryl methyl sites for hydroxylation is 3. The van der Waals surface area contributed by atoms with Gasteiger partial charge in [0.2, 0.25) is 0 Å². The van der Waals surface area contributed by atoms with E-state index >= 15 is 0 Å². The zero-order chi connectivity index (χ0) is 12.6. The van der Waals surface area contributed by atoms with Crippen LogP contribution in [0.4, 0.5) is 0 Å². The molecule has 0 fully saturated rings. The molecule has 0 unspecified atom stereocenters. The lowest BCUT2D eigenvalue weighted by Gasteiger charge is -1.98. The Bertz CT molecular complexity index is 569. The van der Waals surface area contributed by atoms with E-state index in [1.165, 1.54) is 4.68 Å². The molecule has 0 aliphatic rings. The fourth-order valence-corrected chi connectivity index (χ4v) is 1.77. The van der Waals surface area contributed by atoms with Crippen LogP contribution in [0.1, 0.15) is 23.1 Å². The molecule has 0 saturated heterocycles. The first-order valence-electron chi connectivity index (χ1n) is 5.20. The fraction of sp³-hybridized carbons (Fsp3) is 0.400. The molecule has 7 nitrogen and oxygen atoms in total. The molecule has 17 heavy (non-hydrogen) atoms. The predicted molar refractivity (Wildman–Crippen MR) is 59.5 cm³/mol. The summed E-state index contributed by atoms with van der Waals surface area (Å²) in [5.41, 5.74) is 1.98. The SMILES string of the molecule is CCc1nn(C)cc1-c1nnn(C)c1C(=O)O. The van der Waals surface area contributed by atoms with Crippen molar-refractivity contribution in [3.63, 3.8) is 0 Å². The molecule has 2 aromatic heterocycles. The molecule has 0 aromatic carbocycles. The number of aromatic nitrogens is 5. The smallest absolute Gasteiger partial charge is 0.356 e. The van der Waals surface area contributed by atoms with Gasteiger partial charge in [0.1, 0.15) is 5.69 Å². The zero-order valence-electron chi connectivity index (χ0n) is 9.88. The third-order valence-electron chi connectivity index (χ3n) is 2.52. The Labute approximate surface area is 97.7 Å². The van der Waals surface area contributed by atoms with E-state index in [-0.39, 0.29) is 5.69 Å². The number of hydrogen-bond donors (Lipinski definition) is 1. The van der Waals surface area contributed by atoms with Gasteiger partial charge in [0.25, 0.3) is 0 Å². The van der Waals surface area contributed by atoms with Crippen molar-refractivity contribution in [3.05, 3.63) is 17.6 Å². The Morgan fingerprint density at radius 3 is 2.76 bits per heavy atom. The average Bonchev–Trinajstić information content (AvgIpc) is 2.80. The summed E-state index contributed by atoms with van der Waals surface area (Å²) in [5, 5.41) is 21.1. The summed E-state index contributed by atoms with van der Waals surface area (Å²) in [6.07, 6.45) is 2.47. The quantitative estimate of drug-likeness (QED) is 0.836. The molecule has 0 bridgehead atoms. The first-order valence-corrected chi connectivity index (χ1v) is 5.20. The number of rotatable bonds is 3. The van der Waals surface area contributed by atoms with Gasteiger partial charge in [-0.25, -0.2) is 9.48 Å². The van der Waals surface area contributed by atoms with Crippen LogP contribution >= 0.6 is 0 Å². The molecule has 7 heteroatoms. The van der Waals surface area contributed by atoms with E-state index in [0.717, 1.165) is 11.3 Å². The van der Waals surface area contributed by atoms with Crippen LogP contribution in [0, 0.1) is 0 Å². The van der Waals surface area contributed by atoms with Crippen LogP contribution in [0.2, 0.25) is 0 Å². The van der Waals surface area contributed by atoms with Gasteiger partial charge in [-0.15, -0.1) is 5.10 Å². The van der Waals surface area contributed by atoms with Crippen molar-refractivity contribution in [2.24, 2.45) is 14.1 Å². The molecule has 90 valence electrons. The van der Waals surface area contributed by atoms with Crippen molar-refractivity contribution in [2.45, 2.75) is 13.3 Å². The lowest BCUT2D eigenvalue weighted by Crippen LogP contribution is -2.06. The molecule has 0 radical (unpaired) electrons. The Kier molecular flexibility index (Phi) is 2.66. The van der Waals surface area contributed by atoms with E-state index in [2.05, 4.69) is 15.4 Å². The monoisotopic (exact) mass is 235 g/mol. The summed E-state index contributed by atoms with van der Waals surface area (Å²) >= 11 is 0. The third-order valence-corrected chi connectivity index (χ3v) is 2.52. The van der Waals surface area contributed by atoms with Crippen molar-refractivity contribution in [1.82, 2.24) is 24.8 Å². The Morgan fingerprint density at radius 1 is 1.47 bits per heavy atom. The maximum absolute atomic E-state index is 11.2. The van der Waals surface area contributed by atoms with Crippen LogP contribution in [-0.4, -0.2) is 35.9 Å². The molecule has 0 amide bonds. The van der Waals surface area contributed by atoms with Crippen LogP contribution in [0.25, 0.3) is 11.3 Å². The molecule has 0 atom stereocenters. The number of nitrogens with zero attached hydrogens (tertiary/aromatic N) is 5. The highest BCUT2D eigenvalue weighted by Gasteiger charge is 2.22. The van der Waals surface area contributed by atoms with Gasteiger partial charge in [-0.05, 0) is 6.42 Å². The number of carboxylic acids is 1. The second kappa shape index (κ2) is 4.00. The van der Waals surface area contributed by atoms with Gasteiger partial charge in [-0.3, -0.25) is 4.68 Å². The van der Waals surface area contributed by atoms with Gasteiger partial charge >= 0.3 is 5.97 Å². The number of carbonyl (C=O) groups is 1. The number of aromatic carboxylic acids is 1. The first-order chi connectivity index (χ1) is 8.04. The average molecular weight is 235 g/mol. The molecule has 2 heterocycles. The molecule has 0 aliphatic carbocycles. The molecular formula is C10H13N5O2. The van der Waals surface area contributed by atoms with E-state index in [4.69, 9.17) is 5.11 Å². The number of hydrogen-bond acceptors (Lipinski definition) is 4. The van der Waals surface area contributed by atoms with Crippen LogP contribution in [-0.2, 0) is 20.5 Å². The predicted octanol–water partition coefficient (Wildman–Crippen LogP) is 0.476. The maximum Gasteiger partial charge on any atom is 0.356 e. The van der Waals surface area contributed by atoms with Gasteiger partial charge in [0.15, 0.2) is 5.69 Å². The second-order valence-corrected chi connectivity index (χ2v) is 3.73. The third kappa shape index (κ3) is 1.79. The molecule has 0 aliphatic heterocycles. The number of carboxylic acid groups (broad SMARTS) is 1. The molecule has 1 N–H and O–H groups in total. The van der Waals surface area contributed by atoms with E-state index in [0.29, 0.717) is 12.1 Å². The summed E-state index contributed by atoms with van der Waals surface area (Å²) in [7, 11) is 3.35. The zero-order valence-corrected chi connectivity index (χ0v) is 9.88. The topological polar surface area (TPSA) is 85.8 Å². The second-order valence-electron chi connectivity index (χ2n) is 3.73. The van der Waals surface area contributed by atoms with E-state index in [9.17, 15) is 4.79 Å². The van der Waals surface area contributed by atoms with Gasteiger partial charge < -0.3 is 5.11 Å². The van der Waals surface area contributed by atoms with Crippen LogP contribution in [0.15, 0.2) is 6.20 Å². The van der Waals surface area contributed by atoms with E-state index in [1.54, 1.807) is 25.0 Å². The summed E-state index contributed by atoms with van der Waals surface area (Å²) < 4.78 is 2.90. The highest BCUT2D eigenvalue weighted by atomic mass is 16.4. The van der Waals surface area contributed by atoms with Crippen molar-refractivity contribution < 1.29 is 9.90 Å². The Morgan fingerprint density at radius 2 is 2.18 bits per heavy atom. The summed E-state index contributed by atoms with van der Waals surface area (Å²) in [6.45, 7) is 1.96. The molecule has 2 rings (SSSR count). The van der Waals surface area contributed by atoms with Gasteiger partial charge in [0.05, 0.1) is 5.69 Å². The molecule has 2 aromatic rings. The van der Waals surface area contributed by atoms with Gasteiger partial charge in [0, 0.05) is 25.9 Å². The minimum Gasteiger partial charge on any atom is -0.476 e. The first kappa shape index (κ1) is 11.3. The summed E-state index contributed by atoms with van der Waals surface area (Å²) in [5.74, 6) is -1.04. The van der Waals surface area contributed by atoms with Crippen LogP contribution < -0.4 is 0 Å². The van der Waals surface area contributed by atoms with Gasteiger partial charge in [-0.1, -0.05) is 12.1 Å². The largest absolute Gasteiger partial charge is 0.476 e. The van der Waals surface area contributed by atoms with Crippen molar-refractivity contribution in [1.29, 1.82) is 0 Å². The summed E-state index contributed by atoms with van der Waals surface area (Å²) in [4.78, 5) is 11.2. The summed E-state index contributed by atoms with van der Waals surface area (Å²) in [6, 6.07) is 0. The normalized spacial score (nSPS) is 10.8. The van der Waals surface area contributed by atoms with Crippen LogP contribution in [0.5, 0.6) is 0 Å².